The van der Waals surface area contributed by atoms with E-state index in [9.17, 15) is 18.3 Å². The molecule has 9 heteroatoms. The molecule has 1 atom stereocenters. The standard InChI is InChI=1S/C23H22ClNO5S2/c24-20-8-10-21(11-9-20)32(29,30)25-13-22(19-3-1-2-17(12-19)14-26)31-15-16-4-6-18(7-5-16)23(27)28/h1-12,22,25-26H,13-15H2,(H,27,28). The Labute approximate surface area is 196 Å². The number of aromatic carboxylic acids is 1. The Bertz CT molecular complexity index is 1170. The average molecular weight is 492 g/mol. The summed E-state index contributed by atoms with van der Waals surface area (Å²) >= 11 is 7.38. The molecular formula is C23H22ClNO5S2. The van der Waals surface area contributed by atoms with Gasteiger partial charge in [0, 0.05) is 22.6 Å². The first-order valence-corrected chi connectivity index (χ1v) is 12.6. The Balaban J connectivity index is 1.77. The van der Waals surface area contributed by atoms with Crippen molar-refractivity contribution in [3.8, 4) is 0 Å². The van der Waals surface area contributed by atoms with Gasteiger partial charge in [0.25, 0.3) is 0 Å². The van der Waals surface area contributed by atoms with Crippen LogP contribution in [-0.2, 0) is 22.4 Å². The molecule has 168 valence electrons. The highest BCUT2D eigenvalue weighted by molar-refractivity contribution is 7.98. The Hall–Kier alpha value is -2.36. The molecule has 0 spiro atoms. The molecule has 0 radical (unpaired) electrons. The van der Waals surface area contributed by atoms with E-state index in [1.807, 2.05) is 18.2 Å². The minimum Gasteiger partial charge on any atom is -0.478 e. The van der Waals surface area contributed by atoms with Crippen LogP contribution in [0.3, 0.4) is 0 Å². The van der Waals surface area contributed by atoms with Gasteiger partial charge in [0.05, 0.1) is 17.1 Å². The molecule has 0 aromatic heterocycles. The molecule has 1 unspecified atom stereocenters. The lowest BCUT2D eigenvalue weighted by Gasteiger charge is -2.19. The summed E-state index contributed by atoms with van der Waals surface area (Å²) in [5.41, 5.74) is 2.74. The van der Waals surface area contributed by atoms with Gasteiger partial charge in [-0.25, -0.2) is 17.9 Å². The molecule has 3 aromatic carbocycles. The molecule has 0 saturated heterocycles. The number of halogens is 1. The molecule has 0 fully saturated rings. The molecule has 3 rings (SSSR count). The summed E-state index contributed by atoms with van der Waals surface area (Å²) in [6, 6.07) is 19.9. The zero-order chi connectivity index (χ0) is 23.1. The summed E-state index contributed by atoms with van der Waals surface area (Å²) in [5, 5.41) is 18.7. The van der Waals surface area contributed by atoms with Gasteiger partial charge in [-0.1, -0.05) is 48.0 Å². The van der Waals surface area contributed by atoms with Crippen molar-refractivity contribution in [2.45, 2.75) is 22.5 Å². The van der Waals surface area contributed by atoms with Gasteiger partial charge in [-0.3, -0.25) is 0 Å². The number of carboxylic acid groups (broad SMARTS) is 1. The number of sulfonamides is 1. The van der Waals surface area contributed by atoms with Crippen molar-refractivity contribution in [1.82, 2.24) is 4.72 Å². The molecule has 0 aliphatic rings. The van der Waals surface area contributed by atoms with Crippen LogP contribution in [0.25, 0.3) is 0 Å². The largest absolute Gasteiger partial charge is 0.478 e. The van der Waals surface area contributed by atoms with Crippen LogP contribution >= 0.6 is 23.4 Å². The van der Waals surface area contributed by atoms with Gasteiger partial charge in [-0.05, 0) is 53.1 Å². The van der Waals surface area contributed by atoms with E-state index in [0.29, 0.717) is 10.8 Å². The van der Waals surface area contributed by atoms with Crippen molar-refractivity contribution >= 4 is 39.4 Å². The molecule has 6 nitrogen and oxygen atoms in total. The molecule has 3 aromatic rings. The third-order valence-electron chi connectivity index (χ3n) is 4.74. The van der Waals surface area contributed by atoms with Crippen molar-refractivity contribution in [2.75, 3.05) is 6.54 Å². The molecule has 0 aliphatic heterocycles. The van der Waals surface area contributed by atoms with Crippen LogP contribution < -0.4 is 4.72 Å². The molecule has 0 saturated carbocycles. The molecule has 0 heterocycles. The lowest BCUT2D eigenvalue weighted by molar-refractivity contribution is 0.0697. The van der Waals surface area contributed by atoms with Gasteiger partial charge >= 0.3 is 5.97 Å². The maximum absolute atomic E-state index is 12.7. The van der Waals surface area contributed by atoms with E-state index >= 15 is 0 Å². The fraction of sp³-hybridized carbons (Fsp3) is 0.174. The number of hydrogen-bond acceptors (Lipinski definition) is 5. The van der Waals surface area contributed by atoms with Gasteiger partial charge in [0.1, 0.15) is 0 Å². The van der Waals surface area contributed by atoms with Gasteiger partial charge in [0.2, 0.25) is 10.0 Å². The summed E-state index contributed by atoms with van der Waals surface area (Å²) < 4.78 is 28.1. The van der Waals surface area contributed by atoms with Crippen LogP contribution in [0.2, 0.25) is 5.02 Å². The fourth-order valence-corrected chi connectivity index (χ4v) is 5.39. The third-order valence-corrected chi connectivity index (χ3v) is 7.77. The van der Waals surface area contributed by atoms with Gasteiger partial charge < -0.3 is 10.2 Å². The predicted octanol–water partition coefficient (Wildman–Crippen LogP) is 4.48. The van der Waals surface area contributed by atoms with E-state index in [1.54, 1.807) is 30.3 Å². The van der Waals surface area contributed by atoms with Gasteiger partial charge in [-0.2, -0.15) is 0 Å². The van der Waals surface area contributed by atoms with E-state index in [1.165, 1.54) is 36.0 Å². The first kappa shape index (κ1) is 24.3. The zero-order valence-electron chi connectivity index (χ0n) is 16.9. The molecule has 0 bridgehead atoms. The second-order valence-electron chi connectivity index (χ2n) is 7.01. The first-order chi connectivity index (χ1) is 15.3. The summed E-state index contributed by atoms with van der Waals surface area (Å²) in [6.45, 7) is 0.0239. The number of hydrogen-bond donors (Lipinski definition) is 3. The van der Waals surface area contributed by atoms with Crippen LogP contribution in [0, 0.1) is 0 Å². The predicted molar refractivity (Wildman–Crippen MR) is 126 cm³/mol. The number of nitrogens with one attached hydrogen (secondary N) is 1. The second-order valence-corrected chi connectivity index (χ2v) is 10.4. The maximum Gasteiger partial charge on any atom is 0.335 e. The van der Waals surface area contributed by atoms with Crippen molar-refractivity contribution in [1.29, 1.82) is 0 Å². The van der Waals surface area contributed by atoms with Crippen molar-refractivity contribution in [3.05, 3.63) is 100 Å². The highest BCUT2D eigenvalue weighted by Crippen LogP contribution is 2.32. The van der Waals surface area contributed by atoms with Crippen LogP contribution in [0.5, 0.6) is 0 Å². The maximum atomic E-state index is 12.7. The monoisotopic (exact) mass is 491 g/mol. The Morgan fingerprint density at radius 2 is 1.69 bits per heavy atom. The molecule has 32 heavy (non-hydrogen) atoms. The van der Waals surface area contributed by atoms with Gasteiger partial charge in [0.15, 0.2) is 0 Å². The van der Waals surface area contributed by atoms with Crippen LogP contribution in [0.1, 0.15) is 32.3 Å². The fourth-order valence-electron chi connectivity index (χ4n) is 2.99. The second kappa shape index (κ2) is 11.0. The van der Waals surface area contributed by atoms with Gasteiger partial charge in [-0.15, -0.1) is 11.8 Å². The number of aliphatic hydroxyl groups is 1. The van der Waals surface area contributed by atoms with E-state index in [2.05, 4.69) is 4.72 Å². The van der Waals surface area contributed by atoms with Crippen molar-refractivity contribution < 1.29 is 23.4 Å². The lowest BCUT2D eigenvalue weighted by atomic mass is 10.1. The average Bonchev–Trinajstić information content (AvgIpc) is 2.79. The van der Waals surface area contributed by atoms with Crippen LogP contribution in [0.4, 0.5) is 0 Å². The minimum absolute atomic E-state index is 0.113. The van der Waals surface area contributed by atoms with Crippen LogP contribution in [0.15, 0.2) is 77.7 Å². The third kappa shape index (κ3) is 6.57. The Kier molecular flexibility index (Phi) is 8.33. The number of rotatable bonds is 10. The number of thioether (sulfide) groups is 1. The molecule has 0 aliphatic carbocycles. The van der Waals surface area contributed by atoms with E-state index in [-0.39, 0.29) is 28.9 Å². The number of carboxylic acids is 1. The highest BCUT2D eigenvalue weighted by Gasteiger charge is 2.19. The van der Waals surface area contributed by atoms with E-state index < -0.39 is 16.0 Å². The summed E-state index contributed by atoms with van der Waals surface area (Å²) in [7, 11) is -3.73. The number of aliphatic hydroxyl groups excluding tert-OH is 1. The van der Waals surface area contributed by atoms with Crippen molar-refractivity contribution in [2.24, 2.45) is 0 Å². The van der Waals surface area contributed by atoms with E-state index in [4.69, 9.17) is 16.7 Å². The molecule has 0 amide bonds. The summed E-state index contributed by atoms with van der Waals surface area (Å²) in [6.07, 6.45) is 0. The smallest absolute Gasteiger partial charge is 0.335 e. The minimum atomic E-state index is -3.73. The SMILES string of the molecule is O=C(O)c1ccc(CSC(CNS(=O)(=O)c2ccc(Cl)cc2)c2cccc(CO)c2)cc1. The Morgan fingerprint density at radius 3 is 2.31 bits per heavy atom. The van der Waals surface area contributed by atoms with Crippen molar-refractivity contribution in [3.63, 3.8) is 0 Å². The summed E-state index contributed by atoms with van der Waals surface area (Å²) in [4.78, 5) is 11.2. The zero-order valence-corrected chi connectivity index (χ0v) is 19.3. The number of benzene rings is 3. The quantitative estimate of drug-likeness (QED) is 0.386. The molecule has 3 N–H and O–H groups in total. The topological polar surface area (TPSA) is 104 Å². The lowest BCUT2D eigenvalue weighted by Crippen LogP contribution is -2.27. The highest BCUT2D eigenvalue weighted by atomic mass is 35.5. The van der Waals surface area contributed by atoms with E-state index in [0.717, 1.165) is 16.7 Å². The normalized spacial score (nSPS) is 12.4. The van der Waals surface area contributed by atoms with Crippen LogP contribution in [-0.4, -0.2) is 31.1 Å². The Morgan fingerprint density at radius 1 is 1.00 bits per heavy atom. The summed E-state index contributed by atoms with van der Waals surface area (Å²) in [5.74, 6) is -0.434. The molecular weight excluding hydrogens is 470 g/mol. The first-order valence-electron chi connectivity index (χ1n) is 9.67. The number of carbonyl (C=O) groups is 1.